The summed E-state index contributed by atoms with van der Waals surface area (Å²) in [6, 6.07) is 7.91. The van der Waals surface area contributed by atoms with E-state index in [9.17, 15) is 22.0 Å². The van der Waals surface area contributed by atoms with E-state index in [1.54, 1.807) is 6.92 Å². The number of carbonyl (C=O) groups excluding carboxylic acids is 1. The summed E-state index contributed by atoms with van der Waals surface area (Å²) in [6.45, 7) is 1.89. The van der Waals surface area contributed by atoms with Gasteiger partial charge in [-0.25, -0.2) is 17.2 Å². The van der Waals surface area contributed by atoms with Gasteiger partial charge in [-0.05, 0) is 55.3 Å². The van der Waals surface area contributed by atoms with Gasteiger partial charge in [0.25, 0.3) is 0 Å². The summed E-state index contributed by atoms with van der Waals surface area (Å²) in [6.07, 6.45) is 0.268. The Hall–Kier alpha value is -2.32. The average Bonchev–Trinajstić information content (AvgIpc) is 2.90. The molecule has 1 aliphatic rings. The number of aryl methyl sites for hydroxylation is 1. The quantitative estimate of drug-likeness (QED) is 0.903. The minimum Gasteiger partial charge on any atom is -0.311 e. The number of hydrogen-bond donors (Lipinski definition) is 1. The second-order valence-corrected chi connectivity index (χ2v) is 7.56. The molecule has 8 heteroatoms. The molecule has 1 saturated heterocycles. The molecule has 1 aliphatic heterocycles. The van der Waals surface area contributed by atoms with Crippen LogP contribution in [0.25, 0.3) is 0 Å². The summed E-state index contributed by atoms with van der Waals surface area (Å²) in [7, 11) is -4.02. The second kappa shape index (κ2) is 6.53. The van der Waals surface area contributed by atoms with Crippen LogP contribution in [0, 0.1) is 18.6 Å². The van der Waals surface area contributed by atoms with Crippen LogP contribution in [-0.2, 0) is 14.8 Å². The number of nitrogens with one attached hydrogen (secondary N) is 1. The molecular formula is C17H16F2N2O3S. The van der Waals surface area contributed by atoms with Crippen LogP contribution >= 0.6 is 0 Å². The molecule has 0 radical (unpaired) electrons. The lowest BCUT2D eigenvalue weighted by atomic mass is 10.2. The van der Waals surface area contributed by atoms with Crippen molar-refractivity contribution >= 4 is 21.6 Å². The Bertz CT molecular complexity index is 931. The second-order valence-electron chi connectivity index (χ2n) is 5.84. The Morgan fingerprint density at radius 3 is 2.60 bits per heavy atom. The van der Waals surface area contributed by atoms with Gasteiger partial charge in [0.05, 0.1) is 4.90 Å². The third-order valence-electron chi connectivity index (χ3n) is 4.06. The van der Waals surface area contributed by atoms with Crippen LogP contribution in [-0.4, -0.2) is 26.9 Å². The minimum atomic E-state index is -4.02. The molecule has 5 nitrogen and oxygen atoms in total. The lowest BCUT2D eigenvalue weighted by molar-refractivity contribution is -0.118. The first-order valence-corrected chi connectivity index (χ1v) is 9.12. The van der Waals surface area contributed by atoms with Crippen LogP contribution in [0.4, 0.5) is 14.5 Å². The summed E-state index contributed by atoms with van der Waals surface area (Å²) >= 11 is 0. The van der Waals surface area contributed by atoms with Crippen molar-refractivity contribution in [3.63, 3.8) is 0 Å². The molecule has 132 valence electrons. The van der Waals surface area contributed by atoms with Gasteiger partial charge in [-0.1, -0.05) is 6.07 Å². The summed E-state index contributed by atoms with van der Waals surface area (Å²) in [4.78, 5) is 13.7. The fourth-order valence-electron chi connectivity index (χ4n) is 2.73. The van der Waals surface area contributed by atoms with Gasteiger partial charge in [0.15, 0.2) is 0 Å². The molecule has 0 spiro atoms. The molecule has 1 fully saturated rings. The third-order valence-corrected chi connectivity index (χ3v) is 5.53. The van der Waals surface area contributed by atoms with E-state index in [1.165, 1.54) is 35.2 Å². The Morgan fingerprint density at radius 1 is 1.16 bits per heavy atom. The highest BCUT2D eigenvalue weighted by Crippen LogP contribution is 2.24. The fraction of sp³-hybridized carbons (Fsp3) is 0.235. The van der Waals surface area contributed by atoms with Gasteiger partial charge in [-0.3, -0.25) is 4.79 Å². The van der Waals surface area contributed by atoms with Gasteiger partial charge in [-0.15, -0.1) is 0 Å². The first kappa shape index (κ1) is 17.5. The Balaban J connectivity index is 1.79. The van der Waals surface area contributed by atoms with Crippen LogP contribution in [0.1, 0.15) is 12.0 Å². The number of halogens is 2. The van der Waals surface area contributed by atoms with E-state index in [4.69, 9.17) is 0 Å². The van der Waals surface area contributed by atoms with Crippen molar-refractivity contribution < 1.29 is 22.0 Å². The highest BCUT2D eigenvalue weighted by atomic mass is 32.2. The van der Waals surface area contributed by atoms with E-state index in [2.05, 4.69) is 4.72 Å². The van der Waals surface area contributed by atoms with E-state index < -0.39 is 27.8 Å². The monoisotopic (exact) mass is 366 g/mol. The van der Waals surface area contributed by atoms with Crippen LogP contribution in [0.5, 0.6) is 0 Å². The SMILES string of the molecule is Cc1cc(N2CC[C@@H](NS(=O)(=O)c3cccc(F)c3)C2=O)ccc1F. The predicted molar refractivity (Wildman–Crippen MR) is 88.6 cm³/mol. The fourth-order valence-corrected chi connectivity index (χ4v) is 3.99. The number of sulfonamides is 1. The van der Waals surface area contributed by atoms with E-state index in [0.717, 1.165) is 12.1 Å². The van der Waals surface area contributed by atoms with Crippen molar-refractivity contribution in [1.29, 1.82) is 0 Å². The molecular weight excluding hydrogens is 350 g/mol. The summed E-state index contributed by atoms with van der Waals surface area (Å²) in [5.74, 6) is -1.48. The minimum absolute atomic E-state index is 0.239. The average molecular weight is 366 g/mol. The molecule has 25 heavy (non-hydrogen) atoms. The summed E-state index contributed by atoms with van der Waals surface area (Å²) in [5.41, 5.74) is 0.908. The van der Waals surface area contributed by atoms with Gasteiger partial charge < -0.3 is 4.90 Å². The molecule has 1 heterocycles. The molecule has 0 bridgehead atoms. The lowest BCUT2D eigenvalue weighted by Crippen LogP contribution is -2.41. The van der Waals surface area contributed by atoms with Crippen LogP contribution < -0.4 is 9.62 Å². The Morgan fingerprint density at radius 2 is 1.92 bits per heavy atom. The molecule has 3 rings (SSSR count). The van der Waals surface area contributed by atoms with Gasteiger partial charge in [0.2, 0.25) is 15.9 Å². The maximum Gasteiger partial charge on any atom is 0.245 e. The predicted octanol–water partition coefficient (Wildman–Crippen LogP) is 2.36. The normalized spacial score (nSPS) is 18.0. The summed E-state index contributed by atoms with van der Waals surface area (Å²) in [5, 5.41) is 0. The molecule has 1 amide bonds. The number of carbonyl (C=O) groups is 1. The standard InChI is InChI=1S/C17H16F2N2O3S/c1-11-9-13(5-6-15(11)19)21-8-7-16(17(21)22)20-25(23,24)14-4-2-3-12(18)10-14/h2-6,9-10,16,20H,7-8H2,1H3/t16-/m1/s1. The zero-order chi connectivity index (χ0) is 18.2. The van der Waals surface area contributed by atoms with Crippen LogP contribution in [0.2, 0.25) is 0 Å². The molecule has 0 aromatic heterocycles. The number of hydrogen-bond acceptors (Lipinski definition) is 3. The van der Waals surface area contributed by atoms with E-state index >= 15 is 0 Å². The number of rotatable bonds is 4. The van der Waals surface area contributed by atoms with Gasteiger partial charge in [-0.2, -0.15) is 4.72 Å². The lowest BCUT2D eigenvalue weighted by Gasteiger charge is -2.18. The van der Waals surface area contributed by atoms with E-state index in [-0.39, 0.29) is 17.1 Å². The zero-order valence-electron chi connectivity index (χ0n) is 13.4. The van der Waals surface area contributed by atoms with Gasteiger partial charge in [0, 0.05) is 12.2 Å². The number of amides is 1. The highest BCUT2D eigenvalue weighted by molar-refractivity contribution is 7.89. The first-order chi connectivity index (χ1) is 11.8. The highest BCUT2D eigenvalue weighted by Gasteiger charge is 2.35. The topological polar surface area (TPSA) is 66.5 Å². The van der Waals surface area contributed by atoms with Crippen LogP contribution in [0.3, 0.4) is 0 Å². The first-order valence-electron chi connectivity index (χ1n) is 7.63. The Kier molecular flexibility index (Phi) is 4.57. The van der Waals surface area contributed by atoms with Crippen LogP contribution in [0.15, 0.2) is 47.4 Å². The maximum atomic E-state index is 13.4. The van der Waals surface area contributed by atoms with Crippen molar-refractivity contribution in [3.05, 3.63) is 59.7 Å². The molecule has 0 aliphatic carbocycles. The van der Waals surface area contributed by atoms with Crippen molar-refractivity contribution in [3.8, 4) is 0 Å². The van der Waals surface area contributed by atoms with E-state index in [0.29, 0.717) is 17.8 Å². The molecule has 2 aromatic carbocycles. The van der Waals surface area contributed by atoms with Crippen molar-refractivity contribution in [2.75, 3.05) is 11.4 Å². The zero-order valence-corrected chi connectivity index (χ0v) is 14.2. The van der Waals surface area contributed by atoms with Gasteiger partial charge >= 0.3 is 0 Å². The molecule has 1 atom stereocenters. The number of nitrogens with zero attached hydrogens (tertiary/aromatic N) is 1. The van der Waals surface area contributed by atoms with Crippen molar-refractivity contribution in [1.82, 2.24) is 4.72 Å². The van der Waals surface area contributed by atoms with Crippen molar-refractivity contribution in [2.45, 2.75) is 24.3 Å². The summed E-state index contributed by atoms with van der Waals surface area (Å²) < 4.78 is 53.6. The molecule has 1 N–H and O–H groups in total. The molecule has 2 aromatic rings. The number of benzene rings is 2. The third kappa shape index (κ3) is 3.54. The van der Waals surface area contributed by atoms with Gasteiger partial charge in [0.1, 0.15) is 17.7 Å². The molecule has 0 unspecified atom stereocenters. The van der Waals surface area contributed by atoms with E-state index in [1.807, 2.05) is 0 Å². The van der Waals surface area contributed by atoms with Crippen molar-refractivity contribution in [2.24, 2.45) is 0 Å². The smallest absolute Gasteiger partial charge is 0.245 e. The number of anilines is 1. The molecule has 0 saturated carbocycles. The Labute approximate surface area is 144 Å². The largest absolute Gasteiger partial charge is 0.311 e. The maximum absolute atomic E-state index is 13.4.